The van der Waals surface area contributed by atoms with Crippen LogP contribution in [0.3, 0.4) is 0 Å². The standard InChI is InChI=1S/C11H12FN3O3S/c1-2-18-10-5-8(12)3-4-9(10)15-19(16,17)11-6-13-7-14-11/h3-7,15H,2H2,1H3,(H,13,14). The molecule has 102 valence electrons. The molecule has 0 bridgehead atoms. The van der Waals surface area contributed by atoms with Crippen molar-refractivity contribution in [2.45, 2.75) is 11.9 Å². The highest BCUT2D eigenvalue weighted by molar-refractivity contribution is 7.92. The van der Waals surface area contributed by atoms with Crippen molar-refractivity contribution >= 4 is 15.7 Å². The fourth-order valence-electron chi connectivity index (χ4n) is 1.45. The summed E-state index contributed by atoms with van der Waals surface area (Å²) in [7, 11) is -3.79. The lowest BCUT2D eigenvalue weighted by Crippen LogP contribution is -2.14. The number of sulfonamides is 1. The number of hydrogen-bond acceptors (Lipinski definition) is 4. The Labute approximate surface area is 109 Å². The molecule has 0 aliphatic carbocycles. The van der Waals surface area contributed by atoms with Gasteiger partial charge in [-0.1, -0.05) is 0 Å². The molecule has 2 rings (SSSR count). The summed E-state index contributed by atoms with van der Waals surface area (Å²) in [6, 6.07) is 3.57. The third kappa shape index (κ3) is 3.02. The number of benzene rings is 1. The van der Waals surface area contributed by atoms with Gasteiger partial charge in [-0.15, -0.1) is 0 Å². The van der Waals surface area contributed by atoms with Gasteiger partial charge in [-0.05, 0) is 19.1 Å². The number of H-pyrrole nitrogens is 1. The van der Waals surface area contributed by atoms with Crippen LogP contribution in [0.5, 0.6) is 5.75 Å². The highest BCUT2D eigenvalue weighted by Crippen LogP contribution is 2.27. The van der Waals surface area contributed by atoms with Gasteiger partial charge < -0.3 is 9.72 Å². The summed E-state index contributed by atoms with van der Waals surface area (Å²) in [4.78, 5) is 6.12. The first kappa shape index (κ1) is 13.3. The Hall–Kier alpha value is -2.09. The number of nitrogens with zero attached hydrogens (tertiary/aromatic N) is 1. The Morgan fingerprint density at radius 1 is 1.47 bits per heavy atom. The lowest BCUT2D eigenvalue weighted by Gasteiger charge is -2.11. The average molecular weight is 285 g/mol. The molecule has 0 aliphatic rings. The zero-order chi connectivity index (χ0) is 13.9. The van der Waals surface area contributed by atoms with Crippen LogP contribution >= 0.6 is 0 Å². The molecular formula is C11H12FN3O3S. The van der Waals surface area contributed by atoms with Gasteiger partial charge in [0.25, 0.3) is 10.0 Å². The minimum atomic E-state index is -3.79. The summed E-state index contributed by atoms with van der Waals surface area (Å²) >= 11 is 0. The summed E-state index contributed by atoms with van der Waals surface area (Å²) in [5.74, 6) is -0.376. The first-order valence-electron chi connectivity index (χ1n) is 5.46. The van der Waals surface area contributed by atoms with Crippen LogP contribution < -0.4 is 9.46 Å². The highest BCUT2D eigenvalue weighted by Gasteiger charge is 2.18. The van der Waals surface area contributed by atoms with Gasteiger partial charge in [0, 0.05) is 6.07 Å². The third-order valence-corrected chi connectivity index (χ3v) is 3.54. The zero-order valence-corrected chi connectivity index (χ0v) is 10.9. The molecule has 0 radical (unpaired) electrons. The topological polar surface area (TPSA) is 84.1 Å². The van der Waals surface area contributed by atoms with Gasteiger partial charge in [-0.3, -0.25) is 4.72 Å². The fraction of sp³-hybridized carbons (Fsp3) is 0.182. The molecule has 8 heteroatoms. The predicted octanol–water partition coefficient (Wildman–Crippen LogP) is 1.75. The van der Waals surface area contributed by atoms with E-state index in [4.69, 9.17) is 4.74 Å². The van der Waals surface area contributed by atoms with Gasteiger partial charge in [0.15, 0.2) is 5.03 Å². The van der Waals surface area contributed by atoms with E-state index in [9.17, 15) is 12.8 Å². The zero-order valence-electron chi connectivity index (χ0n) is 10.1. The SMILES string of the molecule is CCOc1cc(F)ccc1NS(=O)(=O)c1cnc[nH]1. The monoisotopic (exact) mass is 285 g/mol. The van der Waals surface area contributed by atoms with Crippen molar-refractivity contribution in [3.63, 3.8) is 0 Å². The van der Waals surface area contributed by atoms with E-state index in [1.165, 1.54) is 18.6 Å². The molecule has 0 unspecified atom stereocenters. The van der Waals surface area contributed by atoms with Crippen LogP contribution in [0.2, 0.25) is 0 Å². The van der Waals surface area contributed by atoms with Crippen LogP contribution in [-0.4, -0.2) is 25.0 Å². The minimum absolute atomic E-state index is 0.0840. The number of halogens is 1. The third-order valence-electron chi connectivity index (χ3n) is 2.25. The molecule has 19 heavy (non-hydrogen) atoms. The van der Waals surface area contributed by atoms with Crippen LogP contribution in [0, 0.1) is 5.82 Å². The average Bonchev–Trinajstić information content (AvgIpc) is 2.87. The van der Waals surface area contributed by atoms with E-state index in [2.05, 4.69) is 14.7 Å². The quantitative estimate of drug-likeness (QED) is 0.876. The molecule has 0 spiro atoms. The van der Waals surface area contributed by atoms with E-state index in [0.717, 1.165) is 12.1 Å². The molecule has 2 N–H and O–H groups in total. The second-order valence-corrected chi connectivity index (χ2v) is 5.25. The van der Waals surface area contributed by atoms with Crippen molar-refractivity contribution in [1.29, 1.82) is 0 Å². The molecule has 1 aromatic carbocycles. The van der Waals surface area contributed by atoms with Crippen molar-refractivity contribution in [3.05, 3.63) is 36.5 Å². The van der Waals surface area contributed by atoms with Crippen molar-refractivity contribution in [2.24, 2.45) is 0 Å². The van der Waals surface area contributed by atoms with Gasteiger partial charge >= 0.3 is 0 Å². The molecule has 0 saturated heterocycles. The molecule has 6 nitrogen and oxygen atoms in total. The Balaban J connectivity index is 2.33. The number of imidazole rings is 1. The van der Waals surface area contributed by atoms with Gasteiger partial charge in [0.1, 0.15) is 11.6 Å². The molecular weight excluding hydrogens is 273 g/mol. The maximum Gasteiger partial charge on any atom is 0.279 e. The summed E-state index contributed by atoms with van der Waals surface area (Å²) in [6.07, 6.45) is 2.43. The van der Waals surface area contributed by atoms with Crippen molar-refractivity contribution in [2.75, 3.05) is 11.3 Å². The molecule has 1 aromatic heterocycles. The number of nitrogens with one attached hydrogen (secondary N) is 2. The molecule has 0 fully saturated rings. The Morgan fingerprint density at radius 2 is 2.26 bits per heavy atom. The van der Waals surface area contributed by atoms with E-state index in [0.29, 0.717) is 6.61 Å². The number of rotatable bonds is 5. The van der Waals surface area contributed by atoms with Gasteiger partial charge in [-0.25, -0.2) is 9.37 Å². The largest absolute Gasteiger partial charge is 0.492 e. The second-order valence-electron chi connectivity index (χ2n) is 3.59. The molecule has 0 saturated carbocycles. The van der Waals surface area contributed by atoms with Gasteiger partial charge in [0.05, 0.1) is 24.8 Å². The van der Waals surface area contributed by atoms with E-state index < -0.39 is 15.8 Å². The number of aromatic amines is 1. The van der Waals surface area contributed by atoms with Crippen molar-refractivity contribution < 1.29 is 17.5 Å². The smallest absolute Gasteiger partial charge is 0.279 e. The van der Waals surface area contributed by atoms with E-state index in [-0.39, 0.29) is 16.5 Å². The van der Waals surface area contributed by atoms with Crippen LogP contribution in [0.25, 0.3) is 0 Å². The second kappa shape index (κ2) is 5.27. The first-order chi connectivity index (χ1) is 9.03. The lowest BCUT2D eigenvalue weighted by molar-refractivity contribution is 0.340. The van der Waals surface area contributed by atoms with Crippen LogP contribution in [-0.2, 0) is 10.0 Å². The van der Waals surface area contributed by atoms with E-state index in [1.54, 1.807) is 6.92 Å². The fourth-order valence-corrected chi connectivity index (χ4v) is 2.42. The van der Waals surface area contributed by atoms with Crippen LogP contribution in [0.1, 0.15) is 6.92 Å². The van der Waals surface area contributed by atoms with Crippen molar-refractivity contribution in [1.82, 2.24) is 9.97 Å². The van der Waals surface area contributed by atoms with Crippen LogP contribution in [0.4, 0.5) is 10.1 Å². The van der Waals surface area contributed by atoms with E-state index >= 15 is 0 Å². The minimum Gasteiger partial charge on any atom is -0.492 e. The molecule has 2 aromatic rings. The summed E-state index contributed by atoms with van der Waals surface area (Å²) in [5, 5.41) is -0.0840. The van der Waals surface area contributed by atoms with Crippen molar-refractivity contribution in [3.8, 4) is 5.75 Å². The van der Waals surface area contributed by atoms with E-state index in [1.807, 2.05) is 0 Å². The van der Waals surface area contributed by atoms with Gasteiger partial charge in [0.2, 0.25) is 0 Å². The Bertz CT molecular complexity index is 656. The maximum absolute atomic E-state index is 13.1. The summed E-state index contributed by atoms with van der Waals surface area (Å²) in [6.45, 7) is 2.01. The van der Waals surface area contributed by atoms with Gasteiger partial charge in [-0.2, -0.15) is 8.42 Å². The van der Waals surface area contributed by atoms with Crippen LogP contribution in [0.15, 0.2) is 35.7 Å². The molecule has 0 amide bonds. The first-order valence-corrected chi connectivity index (χ1v) is 6.95. The molecule has 0 aliphatic heterocycles. The number of hydrogen-bond donors (Lipinski definition) is 2. The Morgan fingerprint density at radius 3 is 2.89 bits per heavy atom. The molecule has 1 heterocycles. The lowest BCUT2D eigenvalue weighted by atomic mass is 10.3. The maximum atomic E-state index is 13.1. The Kier molecular flexibility index (Phi) is 3.70. The summed E-state index contributed by atoms with van der Waals surface area (Å²) in [5.41, 5.74) is 0.165. The normalized spacial score (nSPS) is 11.3. The summed E-state index contributed by atoms with van der Waals surface area (Å²) < 4.78 is 44.5. The number of ether oxygens (including phenoxy) is 1. The number of aromatic nitrogens is 2. The predicted molar refractivity (Wildman–Crippen MR) is 67.0 cm³/mol. The highest BCUT2D eigenvalue weighted by atomic mass is 32.2. The number of anilines is 1. The molecule has 0 atom stereocenters.